The lowest BCUT2D eigenvalue weighted by atomic mass is 10.1. The molecule has 0 saturated heterocycles. The highest BCUT2D eigenvalue weighted by Crippen LogP contribution is 2.25. The number of fused-ring (bicyclic) bond motifs is 1. The zero-order valence-electron chi connectivity index (χ0n) is 11.1. The van der Waals surface area contributed by atoms with E-state index in [9.17, 15) is 14.4 Å². The third-order valence-corrected chi connectivity index (χ3v) is 3.30. The summed E-state index contributed by atoms with van der Waals surface area (Å²) >= 11 is 0. The van der Waals surface area contributed by atoms with Gasteiger partial charge in [-0.15, -0.1) is 0 Å². The van der Waals surface area contributed by atoms with Crippen molar-refractivity contribution in [3.05, 3.63) is 22.9 Å². The first kappa shape index (κ1) is 14.8. The standard InChI is InChI=1S/C13H15N3O5/c14-11(19)7-4-6-2-1-3-8(6)15-12(7)16-9(13(20)21)5-10(17)18/h4,9H,1-3,5H2,(H2,14,19)(H,15,16)(H,17,18)(H,20,21). The molecule has 5 N–H and O–H groups in total. The number of hydrogen-bond acceptors (Lipinski definition) is 5. The number of primary amides is 1. The summed E-state index contributed by atoms with van der Waals surface area (Å²) < 4.78 is 0. The second-order valence-corrected chi connectivity index (χ2v) is 4.84. The molecule has 2 rings (SSSR count). The number of carboxylic acids is 2. The second kappa shape index (κ2) is 5.78. The predicted octanol–water partition coefficient (Wildman–Crippen LogP) is 0.00900. The summed E-state index contributed by atoms with van der Waals surface area (Å²) in [6.45, 7) is 0. The summed E-state index contributed by atoms with van der Waals surface area (Å²) in [7, 11) is 0. The average Bonchev–Trinajstić information content (AvgIpc) is 2.83. The molecule has 112 valence electrons. The van der Waals surface area contributed by atoms with Crippen LogP contribution in [0.3, 0.4) is 0 Å². The molecule has 21 heavy (non-hydrogen) atoms. The average molecular weight is 293 g/mol. The number of aryl methyl sites for hydroxylation is 2. The summed E-state index contributed by atoms with van der Waals surface area (Å²) in [6.07, 6.45) is 1.80. The molecule has 0 aromatic carbocycles. The molecular formula is C13H15N3O5. The van der Waals surface area contributed by atoms with Crippen molar-refractivity contribution < 1.29 is 24.6 Å². The number of carbonyl (C=O) groups excluding carboxylic acids is 1. The zero-order chi connectivity index (χ0) is 15.6. The normalized spacial score (nSPS) is 14.3. The number of anilines is 1. The Morgan fingerprint density at radius 2 is 2.05 bits per heavy atom. The van der Waals surface area contributed by atoms with Gasteiger partial charge in [-0.3, -0.25) is 9.59 Å². The van der Waals surface area contributed by atoms with E-state index in [0.29, 0.717) is 0 Å². The molecule has 0 saturated carbocycles. The Bertz CT molecular complexity index is 614. The molecule has 1 heterocycles. The monoisotopic (exact) mass is 293 g/mol. The van der Waals surface area contributed by atoms with E-state index in [1.807, 2.05) is 0 Å². The maximum Gasteiger partial charge on any atom is 0.326 e. The molecule has 8 nitrogen and oxygen atoms in total. The Balaban J connectivity index is 2.35. The molecule has 0 bridgehead atoms. The van der Waals surface area contributed by atoms with Crippen molar-refractivity contribution in [3.63, 3.8) is 0 Å². The molecule has 1 aliphatic carbocycles. The largest absolute Gasteiger partial charge is 0.481 e. The first-order valence-electron chi connectivity index (χ1n) is 6.42. The van der Waals surface area contributed by atoms with Crippen LogP contribution in [0.4, 0.5) is 5.82 Å². The van der Waals surface area contributed by atoms with Crippen molar-refractivity contribution in [1.82, 2.24) is 4.98 Å². The van der Waals surface area contributed by atoms with Crippen LogP contribution >= 0.6 is 0 Å². The molecule has 1 aromatic rings. The summed E-state index contributed by atoms with van der Waals surface area (Å²) in [5, 5.41) is 20.3. The van der Waals surface area contributed by atoms with E-state index in [-0.39, 0.29) is 11.4 Å². The van der Waals surface area contributed by atoms with Crippen molar-refractivity contribution in [3.8, 4) is 0 Å². The maximum absolute atomic E-state index is 11.5. The van der Waals surface area contributed by atoms with Crippen LogP contribution in [-0.2, 0) is 22.4 Å². The first-order chi connectivity index (χ1) is 9.88. The highest BCUT2D eigenvalue weighted by molar-refractivity contribution is 5.98. The van der Waals surface area contributed by atoms with Crippen LogP contribution in [0.5, 0.6) is 0 Å². The Kier molecular flexibility index (Phi) is 4.06. The van der Waals surface area contributed by atoms with E-state index >= 15 is 0 Å². The van der Waals surface area contributed by atoms with E-state index in [1.165, 1.54) is 0 Å². The fourth-order valence-electron chi connectivity index (χ4n) is 2.31. The molecule has 0 spiro atoms. The van der Waals surface area contributed by atoms with Crippen molar-refractivity contribution in [2.24, 2.45) is 5.73 Å². The van der Waals surface area contributed by atoms with Gasteiger partial charge < -0.3 is 21.3 Å². The number of carbonyl (C=O) groups is 3. The van der Waals surface area contributed by atoms with Gasteiger partial charge in [-0.2, -0.15) is 0 Å². The Morgan fingerprint density at radius 3 is 2.62 bits per heavy atom. The molecule has 1 aromatic heterocycles. The Morgan fingerprint density at radius 1 is 1.33 bits per heavy atom. The highest BCUT2D eigenvalue weighted by Gasteiger charge is 2.25. The first-order valence-corrected chi connectivity index (χ1v) is 6.42. The predicted molar refractivity (Wildman–Crippen MR) is 72.1 cm³/mol. The van der Waals surface area contributed by atoms with Gasteiger partial charge in [0.2, 0.25) is 0 Å². The fourth-order valence-corrected chi connectivity index (χ4v) is 2.31. The van der Waals surface area contributed by atoms with E-state index in [1.54, 1.807) is 6.07 Å². The summed E-state index contributed by atoms with van der Waals surface area (Å²) in [5.41, 5.74) is 7.05. The van der Waals surface area contributed by atoms with Crippen molar-refractivity contribution in [2.75, 3.05) is 5.32 Å². The minimum Gasteiger partial charge on any atom is -0.481 e. The van der Waals surface area contributed by atoms with Gasteiger partial charge in [-0.05, 0) is 30.9 Å². The van der Waals surface area contributed by atoms with Crippen LogP contribution in [0.1, 0.15) is 34.5 Å². The number of nitrogens with one attached hydrogen (secondary N) is 1. The molecule has 1 atom stereocenters. The third-order valence-electron chi connectivity index (χ3n) is 3.30. The van der Waals surface area contributed by atoms with E-state index in [2.05, 4.69) is 10.3 Å². The van der Waals surface area contributed by atoms with Gasteiger partial charge in [0.05, 0.1) is 12.0 Å². The summed E-state index contributed by atoms with van der Waals surface area (Å²) in [4.78, 5) is 37.5. The van der Waals surface area contributed by atoms with Gasteiger partial charge >= 0.3 is 11.9 Å². The van der Waals surface area contributed by atoms with Gasteiger partial charge in [0, 0.05) is 5.69 Å². The number of carboxylic acid groups (broad SMARTS) is 2. The van der Waals surface area contributed by atoms with E-state index < -0.39 is 30.3 Å². The maximum atomic E-state index is 11.5. The smallest absolute Gasteiger partial charge is 0.326 e. The molecule has 1 aliphatic rings. The highest BCUT2D eigenvalue weighted by atomic mass is 16.4. The minimum atomic E-state index is -1.38. The van der Waals surface area contributed by atoms with Gasteiger partial charge in [-0.1, -0.05) is 0 Å². The zero-order valence-corrected chi connectivity index (χ0v) is 11.1. The van der Waals surface area contributed by atoms with Crippen LogP contribution in [0.2, 0.25) is 0 Å². The van der Waals surface area contributed by atoms with Crippen LogP contribution in [0.15, 0.2) is 6.07 Å². The number of rotatable bonds is 6. The fraction of sp³-hybridized carbons (Fsp3) is 0.385. The summed E-state index contributed by atoms with van der Waals surface area (Å²) in [5.74, 6) is -3.32. The van der Waals surface area contributed by atoms with Crippen LogP contribution in [-0.4, -0.2) is 39.1 Å². The van der Waals surface area contributed by atoms with Crippen molar-refractivity contribution in [2.45, 2.75) is 31.7 Å². The van der Waals surface area contributed by atoms with Crippen LogP contribution < -0.4 is 11.1 Å². The number of pyridine rings is 1. The molecule has 1 amide bonds. The SMILES string of the molecule is NC(=O)c1cc2c(nc1NC(CC(=O)O)C(=O)O)CCC2. The number of nitrogens with zero attached hydrogens (tertiary/aromatic N) is 1. The van der Waals surface area contributed by atoms with Gasteiger partial charge in [0.15, 0.2) is 0 Å². The molecule has 0 radical (unpaired) electrons. The van der Waals surface area contributed by atoms with Gasteiger partial charge in [0.1, 0.15) is 11.9 Å². The lowest BCUT2D eigenvalue weighted by Gasteiger charge is -2.16. The van der Waals surface area contributed by atoms with Gasteiger partial charge in [-0.25, -0.2) is 9.78 Å². The van der Waals surface area contributed by atoms with E-state index in [0.717, 1.165) is 30.5 Å². The second-order valence-electron chi connectivity index (χ2n) is 4.84. The molecule has 8 heteroatoms. The van der Waals surface area contributed by atoms with Crippen LogP contribution in [0, 0.1) is 0 Å². The van der Waals surface area contributed by atoms with Crippen LogP contribution in [0.25, 0.3) is 0 Å². The topological polar surface area (TPSA) is 143 Å². The summed E-state index contributed by atoms with van der Waals surface area (Å²) in [6, 6.07) is 0.215. The Labute approximate surface area is 120 Å². The molecular weight excluding hydrogens is 278 g/mol. The minimum absolute atomic E-state index is 0.0248. The molecule has 0 fully saturated rings. The number of hydrogen-bond donors (Lipinski definition) is 4. The third kappa shape index (κ3) is 3.28. The number of aromatic nitrogens is 1. The molecule has 1 unspecified atom stereocenters. The van der Waals surface area contributed by atoms with Crippen molar-refractivity contribution >= 4 is 23.7 Å². The quantitative estimate of drug-likeness (QED) is 0.578. The lowest BCUT2D eigenvalue weighted by Crippen LogP contribution is -2.33. The lowest BCUT2D eigenvalue weighted by molar-refractivity contribution is -0.144. The van der Waals surface area contributed by atoms with Crippen molar-refractivity contribution in [1.29, 1.82) is 0 Å². The Hall–Kier alpha value is -2.64. The number of amides is 1. The number of aliphatic carboxylic acids is 2. The number of nitrogens with two attached hydrogens (primary N) is 1. The molecule has 0 aliphatic heterocycles. The van der Waals surface area contributed by atoms with E-state index in [4.69, 9.17) is 15.9 Å². The van der Waals surface area contributed by atoms with Gasteiger partial charge in [0.25, 0.3) is 5.91 Å².